The van der Waals surface area contributed by atoms with Crippen molar-refractivity contribution < 1.29 is 9.90 Å². The first kappa shape index (κ1) is 16.0. The SMILES string of the molecule is CC(O)CN(C(=O)C1CC1c1cccc2ccccc12)C(C)C. The zero-order valence-electron chi connectivity index (χ0n) is 14.1. The van der Waals surface area contributed by atoms with Gasteiger partial charge in [0.05, 0.1) is 6.10 Å². The monoisotopic (exact) mass is 311 g/mol. The normalized spacial score (nSPS) is 21.4. The molecule has 23 heavy (non-hydrogen) atoms. The molecule has 122 valence electrons. The molecule has 1 amide bonds. The second-order valence-electron chi connectivity index (χ2n) is 6.95. The minimum atomic E-state index is -0.490. The maximum absolute atomic E-state index is 12.8. The van der Waals surface area contributed by atoms with Crippen molar-refractivity contribution >= 4 is 16.7 Å². The van der Waals surface area contributed by atoms with E-state index in [2.05, 4.69) is 36.4 Å². The molecule has 3 unspecified atom stereocenters. The molecule has 0 spiro atoms. The molecule has 3 nitrogen and oxygen atoms in total. The summed E-state index contributed by atoms with van der Waals surface area (Å²) in [5, 5.41) is 12.1. The number of carbonyl (C=O) groups excluding carboxylic acids is 1. The summed E-state index contributed by atoms with van der Waals surface area (Å²) in [4.78, 5) is 14.6. The highest BCUT2D eigenvalue weighted by molar-refractivity contribution is 5.89. The van der Waals surface area contributed by atoms with E-state index in [4.69, 9.17) is 0 Å². The Hall–Kier alpha value is -1.87. The molecule has 1 fully saturated rings. The van der Waals surface area contributed by atoms with Crippen LogP contribution in [0.3, 0.4) is 0 Å². The highest BCUT2D eigenvalue weighted by atomic mass is 16.3. The summed E-state index contributed by atoms with van der Waals surface area (Å²) >= 11 is 0. The zero-order chi connectivity index (χ0) is 16.6. The first-order chi connectivity index (χ1) is 11.0. The highest BCUT2D eigenvalue weighted by Crippen LogP contribution is 2.50. The van der Waals surface area contributed by atoms with Gasteiger partial charge in [-0.1, -0.05) is 42.5 Å². The fourth-order valence-corrected chi connectivity index (χ4v) is 3.44. The Morgan fingerprint density at radius 3 is 2.57 bits per heavy atom. The molecular formula is C20H25NO2. The Balaban J connectivity index is 1.81. The van der Waals surface area contributed by atoms with Crippen LogP contribution in [0.1, 0.15) is 38.7 Å². The van der Waals surface area contributed by atoms with Crippen LogP contribution in [0.2, 0.25) is 0 Å². The van der Waals surface area contributed by atoms with Crippen LogP contribution in [0.5, 0.6) is 0 Å². The van der Waals surface area contributed by atoms with Gasteiger partial charge in [0.15, 0.2) is 0 Å². The van der Waals surface area contributed by atoms with E-state index in [0.29, 0.717) is 12.5 Å². The predicted molar refractivity (Wildman–Crippen MR) is 93.3 cm³/mol. The van der Waals surface area contributed by atoms with Crippen molar-refractivity contribution in [3.8, 4) is 0 Å². The van der Waals surface area contributed by atoms with E-state index in [0.717, 1.165) is 6.42 Å². The van der Waals surface area contributed by atoms with Gasteiger partial charge in [-0.15, -0.1) is 0 Å². The van der Waals surface area contributed by atoms with Crippen LogP contribution < -0.4 is 0 Å². The van der Waals surface area contributed by atoms with E-state index in [1.165, 1.54) is 16.3 Å². The van der Waals surface area contributed by atoms with Crippen molar-refractivity contribution in [2.75, 3.05) is 6.54 Å². The maximum atomic E-state index is 12.8. The lowest BCUT2D eigenvalue weighted by molar-refractivity contribution is -0.135. The smallest absolute Gasteiger partial charge is 0.226 e. The molecule has 0 radical (unpaired) electrons. The average Bonchev–Trinajstić information content (AvgIpc) is 3.31. The molecule has 3 heteroatoms. The van der Waals surface area contributed by atoms with Gasteiger partial charge >= 0.3 is 0 Å². The van der Waals surface area contributed by atoms with Gasteiger partial charge in [-0.2, -0.15) is 0 Å². The summed E-state index contributed by atoms with van der Waals surface area (Å²) in [6, 6.07) is 14.8. The Labute approximate surface area is 137 Å². The Morgan fingerprint density at radius 2 is 1.87 bits per heavy atom. The van der Waals surface area contributed by atoms with E-state index < -0.39 is 6.10 Å². The molecular weight excluding hydrogens is 286 g/mol. The number of fused-ring (bicyclic) bond motifs is 1. The van der Waals surface area contributed by atoms with Crippen molar-refractivity contribution in [2.45, 2.75) is 45.3 Å². The molecule has 0 saturated heterocycles. The van der Waals surface area contributed by atoms with Crippen LogP contribution in [0.15, 0.2) is 42.5 Å². The van der Waals surface area contributed by atoms with Crippen LogP contribution in [0, 0.1) is 5.92 Å². The lowest BCUT2D eigenvalue weighted by Gasteiger charge is -2.28. The van der Waals surface area contributed by atoms with Crippen LogP contribution in [0.25, 0.3) is 10.8 Å². The molecule has 0 aliphatic heterocycles. The molecule has 2 aromatic rings. The number of hydrogen-bond acceptors (Lipinski definition) is 2. The van der Waals surface area contributed by atoms with Crippen molar-refractivity contribution in [2.24, 2.45) is 5.92 Å². The maximum Gasteiger partial charge on any atom is 0.226 e. The number of aliphatic hydroxyl groups is 1. The molecule has 3 atom stereocenters. The Bertz CT molecular complexity index is 702. The first-order valence-corrected chi connectivity index (χ1v) is 8.45. The molecule has 2 aromatic carbocycles. The van der Waals surface area contributed by atoms with E-state index in [1.807, 2.05) is 24.8 Å². The molecule has 1 aliphatic rings. The summed E-state index contributed by atoms with van der Waals surface area (Å²) in [6.45, 7) is 6.16. The van der Waals surface area contributed by atoms with E-state index >= 15 is 0 Å². The number of nitrogens with zero attached hydrogens (tertiary/aromatic N) is 1. The molecule has 1 aliphatic carbocycles. The van der Waals surface area contributed by atoms with Gasteiger partial charge in [-0.05, 0) is 49.4 Å². The summed E-state index contributed by atoms with van der Waals surface area (Å²) < 4.78 is 0. The Kier molecular flexibility index (Phi) is 4.40. The average molecular weight is 311 g/mol. The summed E-state index contributed by atoms with van der Waals surface area (Å²) in [6.07, 6.45) is 0.423. The van der Waals surface area contributed by atoms with Gasteiger partial charge in [0.2, 0.25) is 5.91 Å². The minimum absolute atomic E-state index is 0.0574. The molecule has 1 saturated carbocycles. The summed E-state index contributed by atoms with van der Waals surface area (Å²) in [7, 11) is 0. The zero-order valence-corrected chi connectivity index (χ0v) is 14.1. The van der Waals surface area contributed by atoms with Crippen molar-refractivity contribution in [3.05, 3.63) is 48.0 Å². The molecule has 3 rings (SSSR count). The van der Waals surface area contributed by atoms with Crippen molar-refractivity contribution in [3.63, 3.8) is 0 Å². The third-order valence-electron chi connectivity index (χ3n) is 4.70. The van der Waals surface area contributed by atoms with Crippen molar-refractivity contribution in [1.29, 1.82) is 0 Å². The molecule has 0 bridgehead atoms. The van der Waals surface area contributed by atoms with Gasteiger partial charge < -0.3 is 10.0 Å². The van der Waals surface area contributed by atoms with Gasteiger partial charge in [0.25, 0.3) is 0 Å². The van der Waals surface area contributed by atoms with Crippen LogP contribution in [-0.4, -0.2) is 34.6 Å². The van der Waals surface area contributed by atoms with Gasteiger partial charge in [-0.25, -0.2) is 0 Å². The topological polar surface area (TPSA) is 40.5 Å². The lowest BCUT2D eigenvalue weighted by Crippen LogP contribution is -2.42. The van der Waals surface area contributed by atoms with Crippen LogP contribution >= 0.6 is 0 Å². The second kappa shape index (κ2) is 6.32. The number of aliphatic hydroxyl groups excluding tert-OH is 1. The number of rotatable bonds is 5. The fourth-order valence-electron chi connectivity index (χ4n) is 3.44. The summed E-state index contributed by atoms with van der Waals surface area (Å²) in [5.74, 6) is 0.546. The quantitative estimate of drug-likeness (QED) is 0.917. The van der Waals surface area contributed by atoms with Crippen LogP contribution in [-0.2, 0) is 4.79 Å². The lowest BCUT2D eigenvalue weighted by atomic mass is 10.00. The highest BCUT2D eigenvalue weighted by Gasteiger charge is 2.46. The second-order valence-corrected chi connectivity index (χ2v) is 6.95. The van der Waals surface area contributed by atoms with E-state index in [1.54, 1.807) is 6.92 Å². The molecule has 0 heterocycles. The van der Waals surface area contributed by atoms with Crippen LogP contribution in [0.4, 0.5) is 0 Å². The first-order valence-electron chi connectivity index (χ1n) is 8.45. The fraction of sp³-hybridized carbons (Fsp3) is 0.450. The number of benzene rings is 2. The third-order valence-corrected chi connectivity index (χ3v) is 4.70. The van der Waals surface area contributed by atoms with Gasteiger partial charge in [0.1, 0.15) is 0 Å². The van der Waals surface area contributed by atoms with Gasteiger partial charge in [0, 0.05) is 18.5 Å². The van der Waals surface area contributed by atoms with E-state index in [-0.39, 0.29) is 17.9 Å². The van der Waals surface area contributed by atoms with Gasteiger partial charge in [-0.3, -0.25) is 4.79 Å². The number of hydrogen-bond donors (Lipinski definition) is 1. The summed E-state index contributed by atoms with van der Waals surface area (Å²) in [5.41, 5.74) is 1.28. The Morgan fingerprint density at radius 1 is 1.17 bits per heavy atom. The third kappa shape index (κ3) is 3.25. The number of carbonyl (C=O) groups is 1. The minimum Gasteiger partial charge on any atom is -0.392 e. The molecule has 1 N–H and O–H groups in total. The van der Waals surface area contributed by atoms with E-state index in [9.17, 15) is 9.90 Å². The standard InChI is InChI=1S/C20H25NO2/c1-13(2)21(12-14(3)22)20(23)19-11-18(19)17-10-6-8-15-7-4-5-9-16(15)17/h4-10,13-14,18-19,22H,11-12H2,1-3H3. The van der Waals surface area contributed by atoms with Crippen molar-refractivity contribution in [1.82, 2.24) is 4.90 Å². The largest absolute Gasteiger partial charge is 0.392 e. The number of amides is 1. The molecule has 0 aromatic heterocycles. The predicted octanol–water partition coefficient (Wildman–Crippen LogP) is 3.56.